The normalized spacial score (nSPS) is 10.6. The number of hydrogen-bond donors (Lipinski definition) is 1. The van der Waals surface area contributed by atoms with E-state index < -0.39 is 17.2 Å². The van der Waals surface area contributed by atoms with E-state index in [1.807, 2.05) is 19.9 Å². The molecule has 1 aromatic heterocycles. The summed E-state index contributed by atoms with van der Waals surface area (Å²) in [4.78, 5) is 24.8. The first-order chi connectivity index (χ1) is 12.3. The molecule has 0 aliphatic carbocycles. The third kappa shape index (κ3) is 3.54. The Labute approximate surface area is 150 Å². The highest BCUT2D eigenvalue weighted by molar-refractivity contribution is 6.02. The molecule has 132 valence electrons. The van der Waals surface area contributed by atoms with Gasteiger partial charge in [0.25, 0.3) is 5.91 Å². The SMILES string of the molecule is Cc1cc(C)cc(NC(=O)c2nn(-c3ccccc3F)c(C)cc2=O)c1. The van der Waals surface area contributed by atoms with Crippen LogP contribution in [0.5, 0.6) is 0 Å². The summed E-state index contributed by atoms with van der Waals surface area (Å²) in [6.07, 6.45) is 0. The van der Waals surface area contributed by atoms with Gasteiger partial charge in [-0.3, -0.25) is 9.59 Å². The second-order valence-electron chi connectivity index (χ2n) is 6.19. The number of anilines is 1. The standard InChI is InChI=1S/C20H18FN3O2/c1-12-8-13(2)10-15(9-12)22-20(26)19-18(25)11-14(3)24(23-19)17-7-5-4-6-16(17)21/h4-11H,1-3H3,(H,22,26). The zero-order valence-corrected chi connectivity index (χ0v) is 14.7. The van der Waals surface area contributed by atoms with Gasteiger partial charge in [-0.15, -0.1) is 0 Å². The number of nitrogens with one attached hydrogen (secondary N) is 1. The average molecular weight is 351 g/mol. The number of nitrogens with zero attached hydrogens (tertiary/aromatic N) is 2. The largest absolute Gasteiger partial charge is 0.320 e. The molecule has 1 N–H and O–H groups in total. The highest BCUT2D eigenvalue weighted by atomic mass is 19.1. The molecule has 1 heterocycles. The number of amides is 1. The molecule has 0 aliphatic heterocycles. The van der Waals surface area contributed by atoms with Gasteiger partial charge >= 0.3 is 0 Å². The van der Waals surface area contributed by atoms with Crippen molar-refractivity contribution in [3.8, 4) is 5.69 Å². The third-order valence-corrected chi connectivity index (χ3v) is 3.88. The molecule has 0 unspecified atom stereocenters. The fourth-order valence-corrected chi connectivity index (χ4v) is 2.81. The van der Waals surface area contributed by atoms with Crippen molar-refractivity contribution in [1.82, 2.24) is 9.78 Å². The second-order valence-corrected chi connectivity index (χ2v) is 6.19. The van der Waals surface area contributed by atoms with Gasteiger partial charge in [0, 0.05) is 17.4 Å². The Hall–Kier alpha value is -3.28. The second kappa shape index (κ2) is 6.92. The molecule has 3 aromatic rings. The lowest BCUT2D eigenvalue weighted by Gasteiger charge is -2.12. The molecule has 2 aromatic carbocycles. The molecule has 0 aliphatic rings. The monoisotopic (exact) mass is 351 g/mol. The average Bonchev–Trinajstić information content (AvgIpc) is 2.55. The fourth-order valence-electron chi connectivity index (χ4n) is 2.81. The number of hydrogen-bond acceptors (Lipinski definition) is 3. The zero-order valence-electron chi connectivity index (χ0n) is 14.7. The molecule has 26 heavy (non-hydrogen) atoms. The van der Waals surface area contributed by atoms with E-state index in [-0.39, 0.29) is 11.4 Å². The van der Waals surface area contributed by atoms with E-state index in [1.165, 1.54) is 22.9 Å². The van der Waals surface area contributed by atoms with Gasteiger partial charge < -0.3 is 5.32 Å². The summed E-state index contributed by atoms with van der Waals surface area (Å²) in [5.41, 5.74) is 2.34. The first-order valence-electron chi connectivity index (χ1n) is 8.10. The summed E-state index contributed by atoms with van der Waals surface area (Å²) in [5, 5.41) is 6.78. The number of rotatable bonds is 3. The van der Waals surface area contributed by atoms with Gasteiger partial charge in [0.05, 0.1) is 0 Å². The lowest BCUT2D eigenvalue weighted by molar-refractivity contribution is 0.101. The number of aromatic nitrogens is 2. The molecule has 0 saturated heterocycles. The molecular weight excluding hydrogens is 333 g/mol. The Balaban J connectivity index is 2.02. The molecule has 0 atom stereocenters. The van der Waals surface area contributed by atoms with Crippen LogP contribution in [0, 0.1) is 26.6 Å². The first kappa shape index (κ1) is 17.5. The third-order valence-electron chi connectivity index (χ3n) is 3.88. The van der Waals surface area contributed by atoms with Crippen LogP contribution in [0.3, 0.4) is 0 Å². The van der Waals surface area contributed by atoms with Crippen LogP contribution in [0.4, 0.5) is 10.1 Å². The predicted molar refractivity (Wildman–Crippen MR) is 98.4 cm³/mol. The highest BCUT2D eigenvalue weighted by Gasteiger charge is 2.17. The summed E-state index contributed by atoms with van der Waals surface area (Å²) in [6.45, 7) is 5.46. The quantitative estimate of drug-likeness (QED) is 0.785. The van der Waals surface area contributed by atoms with Crippen molar-refractivity contribution in [1.29, 1.82) is 0 Å². The molecule has 0 spiro atoms. The van der Waals surface area contributed by atoms with E-state index in [0.29, 0.717) is 11.4 Å². The summed E-state index contributed by atoms with van der Waals surface area (Å²) in [5.74, 6) is -1.13. The van der Waals surface area contributed by atoms with Crippen LogP contribution >= 0.6 is 0 Å². The van der Waals surface area contributed by atoms with E-state index in [1.54, 1.807) is 31.2 Å². The predicted octanol–water partition coefficient (Wildman–Crippen LogP) is 3.55. The van der Waals surface area contributed by atoms with Crippen LogP contribution in [0.25, 0.3) is 5.69 Å². The van der Waals surface area contributed by atoms with E-state index in [4.69, 9.17) is 0 Å². The van der Waals surface area contributed by atoms with Crippen molar-refractivity contribution in [2.24, 2.45) is 0 Å². The number of carbonyl (C=O) groups is 1. The van der Waals surface area contributed by atoms with Crippen LogP contribution in [-0.4, -0.2) is 15.7 Å². The van der Waals surface area contributed by atoms with Crippen molar-refractivity contribution < 1.29 is 9.18 Å². The van der Waals surface area contributed by atoms with Crippen molar-refractivity contribution in [2.75, 3.05) is 5.32 Å². The minimum atomic E-state index is -0.634. The maximum Gasteiger partial charge on any atom is 0.280 e. The molecule has 3 rings (SSSR count). The van der Waals surface area contributed by atoms with Crippen LogP contribution < -0.4 is 10.7 Å². The number of halogens is 1. The van der Waals surface area contributed by atoms with Gasteiger partial charge in [-0.1, -0.05) is 18.2 Å². The number of para-hydroxylation sites is 1. The number of aryl methyl sites for hydroxylation is 3. The Morgan fingerprint density at radius 2 is 1.69 bits per heavy atom. The Morgan fingerprint density at radius 1 is 1.04 bits per heavy atom. The Kier molecular flexibility index (Phi) is 4.67. The maximum absolute atomic E-state index is 14.1. The maximum atomic E-state index is 14.1. The van der Waals surface area contributed by atoms with Crippen molar-refractivity contribution >= 4 is 11.6 Å². The van der Waals surface area contributed by atoms with Gasteiger partial charge in [-0.25, -0.2) is 9.07 Å². The Morgan fingerprint density at radius 3 is 2.35 bits per heavy atom. The van der Waals surface area contributed by atoms with Crippen LogP contribution in [-0.2, 0) is 0 Å². The lowest BCUT2D eigenvalue weighted by Crippen LogP contribution is -2.27. The molecule has 0 bridgehead atoms. The molecule has 5 nitrogen and oxygen atoms in total. The van der Waals surface area contributed by atoms with Crippen LogP contribution in [0.15, 0.2) is 53.3 Å². The minimum Gasteiger partial charge on any atom is -0.320 e. The Bertz CT molecular complexity index is 1040. The van der Waals surface area contributed by atoms with Gasteiger partial charge in [0.2, 0.25) is 5.43 Å². The summed E-state index contributed by atoms with van der Waals surface area (Å²) in [6, 6.07) is 12.9. The summed E-state index contributed by atoms with van der Waals surface area (Å²) in [7, 11) is 0. The van der Waals surface area contributed by atoms with E-state index in [9.17, 15) is 14.0 Å². The molecule has 1 amide bonds. The molecular formula is C20H18FN3O2. The zero-order chi connectivity index (χ0) is 18.8. The molecule has 0 fully saturated rings. The van der Waals surface area contributed by atoms with Gasteiger partial charge in [-0.2, -0.15) is 5.10 Å². The molecule has 0 saturated carbocycles. The van der Waals surface area contributed by atoms with E-state index in [2.05, 4.69) is 10.4 Å². The number of carbonyl (C=O) groups excluding carboxylic acids is 1. The van der Waals surface area contributed by atoms with Crippen LogP contribution in [0.2, 0.25) is 0 Å². The van der Waals surface area contributed by atoms with Gasteiger partial charge in [0.15, 0.2) is 5.69 Å². The fraction of sp³-hybridized carbons (Fsp3) is 0.150. The minimum absolute atomic E-state index is 0.172. The van der Waals surface area contributed by atoms with Crippen molar-refractivity contribution in [3.63, 3.8) is 0 Å². The highest BCUT2D eigenvalue weighted by Crippen LogP contribution is 2.15. The van der Waals surface area contributed by atoms with Crippen LogP contribution in [0.1, 0.15) is 27.3 Å². The summed E-state index contributed by atoms with van der Waals surface area (Å²) >= 11 is 0. The smallest absolute Gasteiger partial charge is 0.280 e. The van der Waals surface area contributed by atoms with Crippen molar-refractivity contribution in [2.45, 2.75) is 20.8 Å². The van der Waals surface area contributed by atoms with Gasteiger partial charge in [0.1, 0.15) is 11.5 Å². The van der Waals surface area contributed by atoms with Crippen molar-refractivity contribution in [3.05, 3.63) is 87.1 Å². The first-order valence-corrected chi connectivity index (χ1v) is 8.10. The van der Waals surface area contributed by atoms with E-state index >= 15 is 0 Å². The molecule has 0 radical (unpaired) electrons. The number of benzene rings is 2. The summed E-state index contributed by atoms with van der Waals surface area (Å²) < 4.78 is 15.3. The molecule has 6 heteroatoms. The van der Waals surface area contributed by atoms with E-state index in [0.717, 1.165) is 11.1 Å². The van der Waals surface area contributed by atoms with Gasteiger partial charge in [-0.05, 0) is 56.2 Å². The topological polar surface area (TPSA) is 64.0 Å². The lowest BCUT2D eigenvalue weighted by atomic mass is 10.1.